The molecule has 206 valence electrons. The normalized spacial score (nSPS) is 24.3. The number of rotatable bonds is 8. The van der Waals surface area contributed by atoms with Crippen LogP contribution in [0.2, 0.25) is 0 Å². The van der Waals surface area contributed by atoms with Crippen LogP contribution >= 0.6 is 23.1 Å². The highest BCUT2D eigenvalue weighted by Crippen LogP contribution is 2.50. The summed E-state index contributed by atoms with van der Waals surface area (Å²) in [7, 11) is 3.29. The lowest BCUT2D eigenvalue weighted by Gasteiger charge is -2.49. The number of aromatic nitrogens is 1. The number of amidine groups is 1. The Labute approximate surface area is 237 Å². The van der Waals surface area contributed by atoms with Gasteiger partial charge in [0.1, 0.15) is 27.9 Å². The van der Waals surface area contributed by atoms with Crippen LogP contribution in [0, 0.1) is 5.92 Å². The lowest BCUT2D eigenvalue weighted by molar-refractivity contribution is -0.122. The fourth-order valence-electron chi connectivity index (χ4n) is 4.96. The maximum atomic E-state index is 12.9. The van der Waals surface area contributed by atoms with Crippen molar-refractivity contribution in [1.29, 1.82) is 0 Å². The van der Waals surface area contributed by atoms with Gasteiger partial charge in [0, 0.05) is 40.8 Å². The van der Waals surface area contributed by atoms with Crippen molar-refractivity contribution in [3.63, 3.8) is 0 Å². The lowest BCUT2D eigenvalue weighted by atomic mass is 9.75. The number of carbonyl (C=O) groups is 1. The molecule has 1 amide bonds. The van der Waals surface area contributed by atoms with E-state index in [0.717, 1.165) is 46.5 Å². The number of thiazole rings is 1. The summed E-state index contributed by atoms with van der Waals surface area (Å²) >= 11 is 3.17. The fourth-order valence-corrected chi connectivity index (χ4v) is 7.09. The third-order valence-electron chi connectivity index (χ3n) is 7.55. The quantitative estimate of drug-likeness (QED) is 0.361. The molecule has 2 aliphatic rings. The van der Waals surface area contributed by atoms with Crippen LogP contribution in [-0.4, -0.2) is 48.2 Å². The van der Waals surface area contributed by atoms with Crippen molar-refractivity contribution >= 4 is 40.0 Å². The number of hydrogen-bond donors (Lipinski definition) is 2. The maximum absolute atomic E-state index is 12.9. The predicted molar refractivity (Wildman–Crippen MR) is 157 cm³/mol. The fraction of sp³-hybridized carbons (Fsp3) is 0.414. The second kappa shape index (κ2) is 11.6. The zero-order valence-corrected chi connectivity index (χ0v) is 24.3. The molecule has 2 aromatic carbocycles. The molecule has 1 aromatic heterocycles. The Balaban J connectivity index is 1.40. The summed E-state index contributed by atoms with van der Waals surface area (Å²) in [4.78, 5) is 23.1. The van der Waals surface area contributed by atoms with Gasteiger partial charge in [-0.25, -0.2) is 9.98 Å². The van der Waals surface area contributed by atoms with Gasteiger partial charge < -0.3 is 24.8 Å². The van der Waals surface area contributed by atoms with Crippen molar-refractivity contribution in [2.24, 2.45) is 10.9 Å². The number of aliphatic imine (C=N–C) groups is 1. The number of benzene rings is 2. The maximum Gasteiger partial charge on any atom is 0.257 e. The highest BCUT2D eigenvalue weighted by Gasteiger charge is 2.53. The molecule has 0 bridgehead atoms. The molecule has 3 atom stereocenters. The molecule has 1 fully saturated rings. The van der Waals surface area contributed by atoms with Gasteiger partial charge in [-0.3, -0.25) is 4.79 Å². The third-order valence-corrected chi connectivity index (χ3v) is 9.59. The molecule has 0 spiro atoms. The summed E-state index contributed by atoms with van der Waals surface area (Å²) in [6.07, 6.45) is 1.81. The number of fused-ring (bicyclic) bond motifs is 1. The van der Waals surface area contributed by atoms with E-state index in [1.54, 1.807) is 49.5 Å². The molecule has 1 saturated heterocycles. The highest BCUT2D eigenvalue weighted by atomic mass is 32.2. The van der Waals surface area contributed by atoms with Crippen LogP contribution in [0.5, 0.6) is 11.5 Å². The number of thioether (sulfide) groups is 1. The molecule has 10 heteroatoms. The molecule has 3 heterocycles. The summed E-state index contributed by atoms with van der Waals surface area (Å²) in [5.74, 6) is 3.17. The molecule has 5 rings (SSSR count). The number of anilines is 1. The number of nitrogens with zero attached hydrogens (tertiary/aromatic N) is 2. The first kappa shape index (κ1) is 27.5. The van der Waals surface area contributed by atoms with Crippen molar-refractivity contribution < 1.29 is 19.0 Å². The number of amides is 1. The first-order valence-electron chi connectivity index (χ1n) is 13.0. The standard InChI is InChI=1S/C29H34N4O4S2/c1-5-28(2)14-21-16-39-27(32-25(34)19-9-7-6-8-10-19)33-29(21,18-37-28)26-31-24(17-38-26)30-15-20-11-12-22(35-3)13-23(20)36-4/h6-13,17,21,30H,5,14-16,18H2,1-4H3,(H,32,33,34)/t21?,28-,29-/m1/s1. The van der Waals surface area contributed by atoms with Gasteiger partial charge in [0.05, 0.1) is 26.4 Å². The minimum absolute atomic E-state index is 0.166. The van der Waals surface area contributed by atoms with Gasteiger partial charge in [0.25, 0.3) is 5.91 Å². The number of hydrogen-bond acceptors (Lipinski definition) is 9. The Morgan fingerprint density at radius 2 is 2.00 bits per heavy atom. The van der Waals surface area contributed by atoms with Crippen LogP contribution < -0.4 is 20.1 Å². The zero-order chi connectivity index (χ0) is 27.5. The SMILES string of the molecule is CC[C@]1(C)CC2CSC(NC(=O)c3ccccc3)=N[C@]2(c2nc(NCc3ccc(OC)cc3OC)cs2)CO1. The van der Waals surface area contributed by atoms with Gasteiger partial charge in [-0.2, -0.15) is 0 Å². The van der Waals surface area contributed by atoms with E-state index >= 15 is 0 Å². The molecular weight excluding hydrogens is 532 g/mol. The van der Waals surface area contributed by atoms with E-state index in [1.807, 2.05) is 41.8 Å². The van der Waals surface area contributed by atoms with Gasteiger partial charge in [-0.1, -0.05) is 36.9 Å². The summed E-state index contributed by atoms with van der Waals surface area (Å²) in [5, 5.41) is 9.98. The van der Waals surface area contributed by atoms with Gasteiger partial charge in [0.15, 0.2) is 5.17 Å². The van der Waals surface area contributed by atoms with Gasteiger partial charge in [-0.05, 0) is 44.0 Å². The molecule has 0 saturated carbocycles. The second-order valence-corrected chi connectivity index (χ2v) is 11.9. The van der Waals surface area contributed by atoms with Crippen LogP contribution in [0.3, 0.4) is 0 Å². The smallest absolute Gasteiger partial charge is 0.257 e. The minimum atomic E-state index is -0.651. The number of methoxy groups -OCH3 is 2. The minimum Gasteiger partial charge on any atom is -0.497 e. The largest absolute Gasteiger partial charge is 0.497 e. The van der Waals surface area contributed by atoms with E-state index in [-0.39, 0.29) is 17.4 Å². The number of nitrogens with one attached hydrogen (secondary N) is 2. The molecule has 2 N–H and O–H groups in total. The van der Waals surface area contributed by atoms with Crippen LogP contribution in [0.1, 0.15) is 47.6 Å². The topological polar surface area (TPSA) is 94.1 Å². The summed E-state index contributed by atoms with van der Waals surface area (Å²) in [6.45, 7) is 5.31. The Hall–Kier alpha value is -3.08. The van der Waals surface area contributed by atoms with Crippen molar-refractivity contribution in [3.05, 3.63) is 70.0 Å². The first-order chi connectivity index (χ1) is 18.9. The number of carbonyl (C=O) groups excluding carboxylic acids is 1. The first-order valence-corrected chi connectivity index (χ1v) is 14.9. The van der Waals surface area contributed by atoms with Crippen molar-refractivity contribution in [3.8, 4) is 11.5 Å². The lowest BCUT2D eigenvalue weighted by Crippen LogP contribution is -2.54. The van der Waals surface area contributed by atoms with E-state index in [4.69, 9.17) is 24.2 Å². The summed E-state index contributed by atoms with van der Waals surface area (Å²) in [6, 6.07) is 15.0. The number of ether oxygens (including phenoxy) is 3. The van der Waals surface area contributed by atoms with Gasteiger partial charge in [0.2, 0.25) is 0 Å². The summed E-state index contributed by atoms with van der Waals surface area (Å²) < 4.78 is 17.3. The van der Waals surface area contributed by atoms with Crippen molar-refractivity contribution in [1.82, 2.24) is 10.3 Å². The Morgan fingerprint density at radius 3 is 2.74 bits per heavy atom. The zero-order valence-electron chi connectivity index (χ0n) is 22.7. The van der Waals surface area contributed by atoms with E-state index < -0.39 is 5.54 Å². The van der Waals surface area contributed by atoms with Crippen LogP contribution in [0.4, 0.5) is 5.82 Å². The molecule has 1 unspecified atom stereocenters. The average Bonchev–Trinajstić information content (AvgIpc) is 3.46. The third kappa shape index (κ3) is 5.78. The molecule has 8 nitrogen and oxygen atoms in total. The van der Waals surface area contributed by atoms with E-state index in [2.05, 4.69) is 24.5 Å². The van der Waals surface area contributed by atoms with Crippen molar-refractivity contribution in [2.75, 3.05) is 31.9 Å². The Bertz CT molecular complexity index is 1350. The van der Waals surface area contributed by atoms with Crippen LogP contribution in [-0.2, 0) is 16.8 Å². The van der Waals surface area contributed by atoms with Gasteiger partial charge >= 0.3 is 0 Å². The second-order valence-electron chi connectivity index (χ2n) is 10.0. The predicted octanol–water partition coefficient (Wildman–Crippen LogP) is 5.71. The molecule has 2 aliphatic heterocycles. The highest BCUT2D eigenvalue weighted by molar-refractivity contribution is 8.13. The molecule has 0 aliphatic carbocycles. The van der Waals surface area contributed by atoms with E-state index in [0.29, 0.717) is 23.9 Å². The monoisotopic (exact) mass is 566 g/mol. The Morgan fingerprint density at radius 1 is 1.18 bits per heavy atom. The van der Waals surface area contributed by atoms with Crippen molar-refractivity contribution in [2.45, 2.75) is 44.4 Å². The van der Waals surface area contributed by atoms with Crippen LogP contribution in [0.15, 0.2) is 58.9 Å². The van der Waals surface area contributed by atoms with E-state index in [1.165, 1.54) is 0 Å². The molecule has 39 heavy (non-hydrogen) atoms. The van der Waals surface area contributed by atoms with Crippen LogP contribution in [0.25, 0.3) is 0 Å². The molecule has 0 radical (unpaired) electrons. The summed E-state index contributed by atoms with van der Waals surface area (Å²) in [5.41, 5.74) is 0.756. The van der Waals surface area contributed by atoms with E-state index in [9.17, 15) is 4.79 Å². The average molecular weight is 567 g/mol. The Kier molecular flexibility index (Phi) is 8.16. The molecule has 3 aromatic rings. The van der Waals surface area contributed by atoms with Gasteiger partial charge in [-0.15, -0.1) is 11.3 Å². The molecular formula is C29H34N4O4S2.